The summed E-state index contributed by atoms with van der Waals surface area (Å²) in [7, 11) is 0. The van der Waals surface area contributed by atoms with Crippen LogP contribution < -0.4 is 0 Å². The van der Waals surface area contributed by atoms with Crippen molar-refractivity contribution in [3.05, 3.63) is 70.8 Å². The third kappa shape index (κ3) is 6.67. The number of hydrogen-bond acceptors (Lipinski definition) is 2. The van der Waals surface area contributed by atoms with Crippen LogP contribution in [0.25, 0.3) is 0 Å². The summed E-state index contributed by atoms with van der Waals surface area (Å²) in [5, 5.41) is 9.25. The van der Waals surface area contributed by atoms with Crippen molar-refractivity contribution >= 4 is 11.9 Å². The molecule has 0 radical (unpaired) electrons. The van der Waals surface area contributed by atoms with Crippen molar-refractivity contribution in [1.82, 2.24) is 4.90 Å². The molecule has 0 bridgehead atoms. The molecule has 2 aromatic carbocycles. The number of carboxylic acids is 1. The van der Waals surface area contributed by atoms with Gasteiger partial charge in [-0.05, 0) is 55.6 Å². The standard InChI is InChI=1S/C24H23NO3/c1-3-5-19-7-9-21(10-8-19)15-16-23(26)25(18-24(27)28)17-22-13-11-20(6-4-2)12-14-22/h7-14H,15-18H2,1-2H3,(H,27,28)/i1D3,17D2. The molecule has 1 N–H and O–H groups in total. The lowest BCUT2D eigenvalue weighted by Crippen LogP contribution is -2.35. The Labute approximate surface area is 173 Å². The summed E-state index contributed by atoms with van der Waals surface area (Å²) in [6, 6.07) is 12.9. The Bertz CT molecular complexity index is 1120. The average Bonchev–Trinajstić information content (AvgIpc) is 2.75. The lowest BCUT2D eigenvalue weighted by Gasteiger charge is -2.21. The predicted octanol–water partition coefficient (Wildman–Crippen LogP) is 3.48. The predicted molar refractivity (Wildman–Crippen MR) is 109 cm³/mol. The maximum Gasteiger partial charge on any atom is 0.323 e. The number of aryl methyl sites for hydroxylation is 1. The first-order valence-corrected chi connectivity index (χ1v) is 8.60. The van der Waals surface area contributed by atoms with E-state index < -0.39 is 31.8 Å². The van der Waals surface area contributed by atoms with Crippen molar-refractivity contribution in [3.63, 3.8) is 0 Å². The third-order valence-electron chi connectivity index (χ3n) is 3.80. The van der Waals surface area contributed by atoms with E-state index in [-0.39, 0.29) is 18.4 Å². The van der Waals surface area contributed by atoms with Crippen molar-refractivity contribution in [3.8, 4) is 23.7 Å². The minimum absolute atomic E-state index is 0.105. The molecule has 0 aliphatic rings. The van der Waals surface area contributed by atoms with Crippen LogP contribution in [-0.4, -0.2) is 28.4 Å². The van der Waals surface area contributed by atoms with Crippen molar-refractivity contribution in [2.24, 2.45) is 0 Å². The number of carbonyl (C=O) groups is 2. The molecule has 0 aliphatic heterocycles. The minimum Gasteiger partial charge on any atom is -0.480 e. The van der Waals surface area contributed by atoms with Crippen LogP contribution in [-0.2, 0) is 22.5 Å². The van der Waals surface area contributed by atoms with Crippen LogP contribution in [0.3, 0.4) is 0 Å². The highest BCUT2D eigenvalue weighted by Gasteiger charge is 2.17. The first kappa shape index (κ1) is 14.5. The summed E-state index contributed by atoms with van der Waals surface area (Å²) in [5.74, 6) is 8.34. The van der Waals surface area contributed by atoms with E-state index in [1.807, 2.05) is 0 Å². The van der Waals surface area contributed by atoms with Gasteiger partial charge in [0, 0.05) is 28.2 Å². The Kier molecular flexibility index (Phi) is 5.51. The van der Waals surface area contributed by atoms with Crippen molar-refractivity contribution in [2.45, 2.75) is 33.1 Å². The van der Waals surface area contributed by atoms with Crippen LogP contribution in [0.5, 0.6) is 0 Å². The van der Waals surface area contributed by atoms with Gasteiger partial charge in [-0.3, -0.25) is 9.59 Å². The summed E-state index contributed by atoms with van der Waals surface area (Å²) in [4.78, 5) is 24.9. The number of hydrogen-bond donors (Lipinski definition) is 1. The van der Waals surface area contributed by atoms with Gasteiger partial charge in [-0.1, -0.05) is 36.1 Å². The molecular weight excluding hydrogens is 350 g/mol. The molecule has 0 saturated carbocycles. The number of aliphatic carboxylic acids is 1. The lowest BCUT2D eigenvalue weighted by molar-refractivity contribution is -0.144. The first-order valence-electron chi connectivity index (χ1n) is 11.1. The van der Waals surface area contributed by atoms with Gasteiger partial charge >= 0.3 is 5.97 Å². The zero-order valence-corrected chi connectivity index (χ0v) is 15.5. The number of carboxylic acid groups (broad SMARTS) is 1. The molecule has 0 unspecified atom stereocenters. The fraction of sp³-hybridized carbons (Fsp3) is 0.250. The van der Waals surface area contributed by atoms with E-state index in [4.69, 9.17) is 6.85 Å². The van der Waals surface area contributed by atoms with Crippen LogP contribution in [0.1, 0.15) is 49.3 Å². The van der Waals surface area contributed by atoms with Crippen LogP contribution in [0, 0.1) is 23.7 Å². The second-order valence-electron chi connectivity index (χ2n) is 5.88. The Balaban J connectivity index is 2.15. The fourth-order valence-electron chi connectivity index (χ4n) is 2.47. The SMILES string of the molecule is [2H]C([2H])([2H])C#Cc1ccc(CCC(=O)N(CC(=O)O)C([2H])([2H])c2ccc(C#CC)cc2)cc1. The molecule has 0 aromatic heterocycles. The van der Waals surface area contributed by atoms with Gasteiger partial charge < -0.3 is 10.0 Å². The molecule has 0 aliphatic carbocycles. The van der Waals surface area contributed by atoms with Gasteiger partial charge in [0.2, 0.25) is 5.91 Å². The Morgan fingerprint density at radius 2 is 1.57 bits per heavy atom. The van der Waals surface area contributed by atoms with Crippen LogP contribution in [0.4, 0.5) is 0 Å². The van der Waals surface area contributed by atoms with Gasteiger partial charge in [0.25, 0.3) is 0 Å². The fourth-order valence-corrected chi connectivity index (χ4v) is 2.47. The molecule has 2 aromatic rings. The van der Waals surface area contributed by atoms with Gasteiger partial charge in [0.1, 0.15) is 6.54 Å². The van der Waals surface area contributed by atoms with Crippen molar-refractivity contribution in [2.75, 3.05) is 6.54 Å². The quantitative estimate of drug-likeness (QED) is 0.751. The van der Waals surface area contributed by atoms with Gasteiger partial charge in [-0.25, -0.2) is 0 Å². The molecule has 4 heteroatoms. The zero-order valence-electron chi connectivity index (χ0n) is 20.5. The second kappa shape index (κ2) is 10.6. The molecule has 1 amide bonds. The van der Waals surface area contributed by atoms with Crippen LogP contribution in [0.15, 0.2) is 48.5 Å². The molecule has 2 rings (SSSR count). The Morgan fingerprint density at radius 1 is 1.00 bits per heavy atom. The summed E-state index contributed by atoms with van der Waals surface area (Å²) in [6.45, 7) is -3.78. The summed E-state index contributed by atoms with van der Waals surface area (Å²) in [6.07, 6.45) is 0.148. The largest absolute Gasteiger partial charge is 0.480 e. The molecule has 142 valence electrons. The topological polar surface area (TPSA) is 57.6 Å². The molecule has 0 saturated heterocycles. The lowest BCUT2D eigenvalue weighted by atomic mass is 10.1. The third-order valence-corrected chi connectivity index (χ3v) is 3.80. The van der Waals surface area contributed by atoms with Gasteiger partial charge in [0.15, 0.2) is 0 Å². The number of rotatable bonds is 7. The maximum absolute atomic E-state index is 12.8. The second-order valence-corrected chi connectivity index (χ2v) is 5.88. The molecule has 4 nitrogen and oxygen atoms in total. The smallest absolute Gasteiger partial charge is 0.323 e. The zero-order chi connectivity index (χ0) is 24.6. The molecular formula is C24H23NO3. The van der Waals surface area contributed by atoms with E-state index in [0.29, 0.717) is 16.0 Å². The molecule has 0 atom stereocenters. The van der Waals surface area contributed by atoms with Crippen LogP contribution >= 0.6 is 0 Å². The van der Waals surface area contributed by atoms with E-state index in [9.17, 15) is 14.7 Å². The Morgan fingerprint density at radius 3 is 2.11 bits per heavy atom. The number of benzene rings is 2. The van der Waals surface area contributed by atoms with Gasteiger partial charge in [0.05, 0.1) is 2.74 Å². The molecule has 0 spiro atoms. The Hall–Kier alpha value is -3.50. The minimum atomic E-state index is -2.35. The highest BCUT2D eigenvalue weighted by Crippen LogP contribution is 2.11. The highest BCUT2D eigenvalue weighted by molar-refractivity contribution is 5.81. The normalized spacial score (nSPS) is 13.1. The molecule has 28 heavy (non-hydrogen) atoms. The number of amides is 1. The number of carbonyl (C=O) groups excluding carboxylic acids is 1. The van der Waals surface area contributed by atoms with E-state index in [1.54, 1.807) is 43.3 Å². The molecule has 0 fully saturated rings. The summed E-state index contributed by atoms with van der Waals surface area (Å²) in [5.41, 5.74) is 2.10. The average molecular weight is 378 g/mol. The van der Waals surface area contributed by atoms with Crippen LogP contribution in [0.2, 0.25) is 0 Å². The van der Waals surface area contributed by atoms with Gasteiger partial charge in [-0.15, -0.1) is 11.8 Å². The highest BCUT2D eigenvalue weighted by atomic mass is 16.4. The summed E-state index contributed by atoms with van der Waals surface area (Å²) < 4.78 is 38.2. The summed E-state index contributed by atoms with van der Waals surface area (Å²) >= 11 is 0. The monoisotopic (exact) mass is 378 g/mol. The van der Waals surface area contributed by atoms with E-state index >= 15 is 0 Å². The van der Waals surface area contributed by atoms with Crippen molar-refractivity contribution < 1.29 is 21.5 Å². The van der Waals surface area contributed by atoms with E-state index in [2.05, 4.69) is 23.7 Å². The van der Waals surface area contributed by atoms with E-state index in [1.165, 1.54) is 12.1 Å². The van der Waals surface area contributed by atoms with Crippen molar-refractivity contribution in [1.29, 1.82) is 0 Å². The van der Waals surface area contributed by atoms with E-state index in [0.717, 1.165) is 5.56 Å². The van der Waals surface area contributed by atoms with Gasteiger partial charge in [-0.2, -0.15) is 0 Å². The first-order chi connectivity index (χ1) is 15.4. The number of nitrogens with zero attached hydrogens (tertiary/aromatic N) is 1. The molecule has 0 heterocycles. The maximum atomic E-state index is 12.8.